The minimum absolute atomic E-state index is 0.0637. The van der Waals surface area contributed by atoms with Gasteiger partial charge in [-0.3, -0.25) is 9.59 Å². The van der Waals surface area contributed by atoms with Crippen molar-refractivity contribution in [1.82, 2.24) is 9.21 Å². The zero-order chi connectivity index (χ0) is 24.3. The molecule has 1 heterocycles. The predicted octanol–water partition coefficient (Wildman–Crippen LogP) is 3.70. The standard InChI is InChI=1S/C26H33N3O4S/c1-3-28(4-2)26(31)22-9-6-10-23(17-22)27-25(30)20-13-15-29(16-14-20)34(32,33)24-12-11-19-7-5-8-21(19)18-24/h6,9-12,17-18,20H,3-5,7-8,13-16H2,1-2H3,(H,27,30). The van der Waals surface area contributed by atoms with Crippen LogP contribution in [0.3, 0.4) is 0 Å². The number of sulfonamides is 1. The second-order valence-corrected chi connectivity index (χ2v) is 10.9. The molecule has 1 aliphatic carbocycles. The summed E-state index contributed by atoms with van der Waals surface area (Å²) in [5.74, 6) is -0.471. The Morgan fingerprint density at radius 2 is 1.71 bits per heavy atom. The summed E-state index contributed by atoms with van der Waals surface area (Å²) < 4.78 is 27.8. The number of nitrogens with one attached hydrogen (secondary N) is 1. The summed E-state index contributed by atoms with van der Waals surface area (Å²) in [5.41, 5.74) is 3.50. The van der Waals surface area contributed by atoms with E-state index in [1.165, 1.54) is 9.87 Å². The number of rotatable bonds is 7. The maximum absolute atomic E-state index is 13.1. The average Bonchev–Trinajstić information content (AvgIpc) is 3.33. The lowest BCUT2D eigenvalue weighted by atomic mass is 9.97. The molecule has 2 aliphatic rings. The van der Waals surface area contributed by atoms with E-state index in [1.54, 1.807) is 35.2 Å². The van der Waals surface area contributed by atoms with Gasteiger partial charge in [0.25, 0.3) is 5.91 Å². The van der Waals surface area contributed by atoms with Crippen molar-refractivity contribution in [1.29, 1.82) is 0 Å². The molecule has 0 unspecified atom stereocenters. The molecule has 7 nitrogen and oxygen atoms in total. The quantitative estimate of drug-likeness (QED) is 0.651. The normalized spacial score (nSPS) is 16.8. The first-order chi connectivity index (χ1) is 16.3. The van der Waals surface area contributed by atoms with E-state index in [-0.39, 0.29) is 17.7 Å². The third-order valence-electron chi connectivity index (χ3n) is 6.96. The number of carbonyl (C=O) groups is 2. The lowest BCUT2D eigenvalue weighted by Gasteiger charge is -2.30. The van der Waals surface area contributed by atoms with Crippen molar-refractivity contribution in [2.24, 2.45) is 5.92 Å². The van der Waals surface area contributed by atoms with Crippen LogP contribution in [0.25, 0.3) is 0 Å². The van der Waals surface area contributed by atoms with E-state index in [0.717, 1.165) is 24.8 Å². The highest BCUT2D eigenvalue weighted by Gasteiger charge is 2.32. The Balaban J connectivity index is 1.37. The van der Waals surface area contributed by atoms with E-state index in [4.69, 9.17) is 0 Å². The highest BCUT2D eigenvalue weighted by atomic mass is 32.2. The molecule has 182 valence electrons. The van der Waals surface area contributed by atoms with E-state index >= 15 is 0 Å². The van der Waals surface area contributed by atoms with E-state index in [0.29, 0.717) is 55.2 Å². The van der Waals surface area contributed by atoms with Crippen molar-refractivity contribution in [2.45, 2.75) is 50.8 Å². The van der Waals surface area contributed by atoms with Gasteiger partial charge in [-0.1, -0.05) is 12.1 Å². The third-order valence-corrected chi connectivity index (χ3v) is 8.85. The first kappa shape index (κ1) is 24.4. The van der Waals surface area contributed by atoms with Crippen molar-refractivity contribution in [3.05, 3.63) is 59.2 Å². The van der Waals surface area contributed by atoms with Gasteiger partial charge in [0.1, 0.15) is 0 Å². The number of hydrogen-bond donors (Lipinski definition) is 1. The fraction of sp³-hybridized carbons (Fsp3) is 0.462. The molecule has 4 rings (SSSR count). The molecule has 1 saturated heterocycles. The van der Waals surface area contributed by atoms with Crippen LogP contribution in [-0.4, -0.2) is 55.6 Å². The summed E-state index contributed by atoms with van der Waals surface area (Å²) in [6, 6.07) is 12.5. The largest absolute Gasteiger partial charge is 0.339 e. The molecule has 1 fully saturated rings. The monoisotopic (exact) mass is 483 g/mol. The lowest BCUT2D eigenvalue weighted by Crippen LogP contribution is -2.41. The molecule has 0 radical (unpaired) electrons. The molecule has 34 heavy (non-hydrogen) atoms. The molecule has 0 aromatic heterocycles. The highest BCUT2D eigenvalue weighted by molar-refractivity contribution is 7.89. The number of piperidine rings is 1. The van der Waals surface area contributed by atoms with E-state index in [9.17, 15) is 18.0 Å². The van der Waals surface area contributed by atoms with Crippen LogP contribution in [0.5, 0.6) is 0 Å². The van der Waals surface area contributed by atoms with Gasteiger partial charge in [0.15, 0.2) is 0 Å². The molecular weight excluding hydrogens is 450 g/mol. The van der Waals surface area contributed by atoms with Crippen LogP contribution in [0.1, 0.15) is 54.6 Å². The van der Waals surface area contributed by atoms with Gasteiger partial charge in [0.2, 0.25) is 15.9 Å². The lowest BCUT2D eigenvalue weighted by molar-refractivity contribution is -0.120. The molecule has 1 N–H and O–H groups in total. The average molecular weight is 484 g/mol. The fourth-order valence-corrected chi connectivity index (χ4v) is 6.40. The number of fused-ring (bicyclic) bond motifs is 1. The number of amides is 2. The van der Waals surface area contributed by atoms with Gasteiger partial charge in [0, 0.05) is 43.3 Å². The summed E-state index contributed by atoms with van der Waals surface area (Å²) in [7, 11) is -3.56. The Morgan fingerprint density at radius 3 is 2.41 bits per heavy atom. The molecule has 2 aromatic carbocycles. The number of nitrogens with zero attached hydrogens (tertiary/aromatic N) is 2. The maximum Gasteiger partial charge on any atom is 0.253 e. The van der Waals surface area contributed by atoms with E-state index in [2.05, 4.69) is 5.32 Å². The van der Waals surface area contributed by atoms with Gasteiger partial charge >= 0.3 is 0 Å². The zero-order valence-corrected chi connectivity index (χ0v) is 20.7. The van der Waals surface area contributed by atoms with Gasteiger partial charge in [-0.15, -0.1) is 0 Å². The molecule has 0 atom stereocenters. The van der Waals surface area contributed by atoms with Crippen LogP contribution in [0, 0.1) is 5.92 Å². The maximum atomic E-state index is 13.1. The number of benzene rings is 2. The Kier molecular flexibility index (Phi) is 7.38. The Morgan fingerprint density at radius 1 is 1.00 bits per heavy atom. The van der Waals surface area contributed by atoms with Crippen molar-refractivity contribution in [3.63, 3.8) is 0 Å². The Bertz CT molecular complexity index is 1170. The summed E-state index contributed by atoms with van der Waals surface area (Å²) >= 11 is 0. The predicted molar refractivity (Wildman–Crippen MR) is 132 cm³/mol. The summed E-state index contributed by atoms with van der Waals surface area (Å²) in [6.45, 7) is 5.75. The summed E-state index contributed by atoms with van der Waals surface area (Å²) in [6.07, 6.45) is 3.96. The Hall–Kier alpha value is -2.71. The summed E-state index contributed by atoms with van der Waals surface area (Å²) in [4.78, 5) is 27.6. The fourth-order valence-electron chi connectivity index (χ4n) is 4.88. The smallest absolute Gasteiger partial charge is 0.253 e. The van der Waals surface area contributed by atoms with Crippen molar-refractivity contribution in [3.8, 4) is 0 Å². The SMILES string of the molecule is CCN(CC)C(=O)c1cccc(NC(=O)C2CCN(S(=O)(=O)c3ccc4c(c3)CCC4)CC2)c1. The van der Waals surface area contributed by atoms with Gasteiger partial charge < -0.3 is 10.2 Å². The summed E-state index contributed by atoms with van der Waals surface area (Å²) in [5, 5.41) is 2.92. The van der Waals surface area contributed by atoms with Crippen LogP contribution in [-0.2, 0) is 27.7 Å². The van der Waals surface area contributed by atoms with Crippen LogP contribution in [0.2, 0.25) is 0 Å². The second-order valence-electron chi connectivity index (χ2n) is 9.01. The first-order valence-corrected chi connectivity index (χ1v) is 13.6. The third kappa shape index (κ3) is 5.03. The molecule has 0 bridgehead atoms. The number of carbonyl (C=O) groups excluding carboxylic acids is 2. The number of hydrogen-bond acceptors (Lipinski definition) is 4. The molecule has 2 amide bonds. The second kappa shape index (κ2) is 10.3. The van der Waals surface area contributed by atoms with Crippen molar-refractivity contribution >= 4 is 27.5 Å². The highest BCUT2D eigenvalue weighted by Crippen LogP contribution is 2.29. The number of anilines is 1. The first-order valence-electron chi connectivity index (χ1n) is 12.2. The molecule has 8 heteroatoms. The Labute approximate surface area is 202 Å². The minimum Gasteiger partial charge on any atom is -0.339 e. The van der Waals surface area contributed by atoms with Crippen LogP contribution in [0.4, 0.5) is 5.69 Å². The van der Waals surface area contributed by atoms with E-state index < -0.39 is 10.0 Å². The van der Waals surface area contributed by atoms with Gasteiger partial charge in [-0.2, -0.15) is 4.31 Å². The molecule has 0 spiro atoms. The molecular formula is C26H33N3O4S. The van der Waals surface area contributed by atoms with Gasteiger partial charge in [-0.05, 0) is 87.4 Å². The van der Waals surface area contributed by atoms with Crippen molar-refractivity contribution < 1.29 is 18.0 Å². The van der Waals surface area contributed by atoms with Crippen molar-refractivity contribution in [2.75, 3.05) is 31.5 Å². The minimum atomic E-state index is -3.56. The molecule has 1 aliphatic heterocycles. The molecule has 0 saturated carbocycles. The van der Waals surface area contributed by atoms with Crippen LogP contribution < -0.4 is 5.32 Å². The van der Waals surface area contributed by atoms with Crippen LogP contribution in [0.15, 0.2) is 47.4 Å². The van der Waals surface area contributed by atoms with Gasteiger partial charge in [0.05, 0.1) is 4.90 Å². The molecule has 2 aromatic rings. The topological polar surface area (TPSA) is 86.8 Å². The van der Waals surface area contributed by atoms with Crippen LogP contribution >= 0.6 is 0 Å². The number of aryl methyl sites for hydroxylation is 2. The zero-order valence-electron chi connectivity index (χ0n) is 19.9. The van der Waals surface area contributed by atoms with Gasteiger partial charge in [-0.25, -0.2) is 8.42 Å². The van der Waals surface area contributed by atoms with E-state index in [1.807, 2.05) is 26.0 Å².